The minimum atomic E-state index is -3.80. The molecule has 2 N–H and O–H groups in total. The lowest BCUT2D eigenvalue weighted by Gasteiger charge is -2.24. The zero-order valence-electron chi connectivity index (χ0n) is 18.6. The topological polar surface area (TPSA) is 85.0 Å². The smallest absolute Gasteiger partial charge is 0.238 e. The number of primary sulfonamides is 1. The van der Waals surface area contributed by atoms with Crippen LogP contribution in [0.2, 0.25) is 0 Å². The van der Waals surface area contributed by atoms with Crippen molar-refractivity contribution in [3.63, 3.8) is 0 Å². The summed E-state index contributed by atoms with van der Waals surface area (Å²) in [5.74, 6) is 1.15. The van der Waals surface area contributed by atoms with Crippen molar-refractivity contribution in [2.45, 2.75) is 17.4 Å². The van der Waals surface area contributed by atoms with Gasteiger partial charge < -0.3 is 4.74 Å². The maximum absolute atomic E-state index is 13.6. The molecule has 176 valence electrons. The lowest BCUT2D eigenvalue weighted by molar-refractivity contribution is 0.482. The number of halogens is 1. The number of sulfonamides is 1. The van der Waals surface area contributed by atoms with Gasteiger partial charge in [0.1, 0.15) is 17.3 Å². The normalized spacial score (nSPS) is 15.7. The Morgan fingerprint density at radius 1 is 0.829 bits per heavy atom. The van der Waals surface area contributed by atoms with Crippen LogP contribution < -0.4 is 14.9 Å². The zero-order valence-corrected chi connectivity index (χ0v) is 19.4. The summed E-state index contributed by atoms with van der Waals surface area (Å²) in [6.45, 7) is 0. The van der Waals surface area contributed by atoms with E-state index < -0.39 is 10.0 Å². The first-order chi connectivity index (χ1) is 16.9. The van der Waals surface area contributed by atoms with Gasteiger partial charge in [-0.25, -0.2) is 17.9 Å². The highest BCUT2D eigenvalue weighted by molar-refractivity contribution is 7.89. The molecule has 1 heterocycles. The van der Waals surface area contributed by atoms with E-state index in [9.17, 15) is 12.8 Å². The third kappa shape index (κ3) is 5.08. The first-order valence-corrected chi connectivity index (χ1v) is 12.5. The van der Waals surface area contributed by atoms with Gasteiger partial charge in [0.25, 0.3) is 0 Å². The molecule has 4 aromatic rings. The van der Waals surface area contributed by atoms with Crippen molar-refractivity contribution in [1.82, 2.24) is 0 Å². The van der Waals surface area contributed by atoms with Crippen LogP contribution in [-0.2, 0) is 10.0 Å². The molecule has 0 saturated carbocycles. The monoisotopic (exact) mass is 487 g/mol. The lowest BCUT2D eigenvalue weighted by Crippen LogP contribution is -2.19. The number of nitrogens with two attached hydrogens (primary N) is 1. The van der Waals surface area contributed by atoms with E-state index in [4.69, 9.17) is 15.0 Å². The molecule has 1 aliphatic rings. The molecule has 6 nitrogen and oxygen atoms in total. The number of benzene rings is 4. The Morgan fingerprint density at radius 2 is 1.46 bits per heavy atom. The number of anilines is 1. The van der Waals surface area contributed by atoms with Gasteiger partial charge in [0.15, 0.2) is 0 Å². The van der Waals surface area contributed by atoms with Crippen LogP contribution in [0.1, 0.15) is 23.6 Å². The molecule has 0 spiro atoms. The number of ether oxygens (including phenoxy) is 1. The predicted molar refractivity (Wildman–Crippen MR) is 134 cm³/mol. The van der Waals surface area contributed by atoms with Crippen molar-refractivity contribution in [2.24, 2.45) is 10.2 Å². The molecule has 0 saturated heterocycles. The third-order valence-corrected chi connectivity index (χ3v) is 6.69. The van der Waals surface area contributed by atoms with Crippen molar-refractivity contribution in [1.29, 1.82) is 0 Å². The van der Waals surface area contributed by atoms with E-state index in [1.165, 1.54) is 24.3 Å². The number of rotatable bonds is 6. The summed E-state index contributed by atoms with van der Waals surface area (Å²) >= 11 is 0. The Labute approximate surface area is 203 Å². The van der Waals surface area contributed by atoms with Crippen molar-refractivity contribution >= 4 is 21.4 Å². The van der Waals surface area contributed by atoms with Gasteiger partial charge in [0.05, 0.1) is 22.3 Å². The fourth-order valence-electron chi connectivity index (χ4n) is 4.00. The largest absolute Gasteiger partial charge is 0.457 e. The van der Waals surface area contributed by atoms with E-state index in [0.717, 1.165) is 22.6 Å². The first kappa shape index (κ1) is 22.8. The van der Waals surface area contributed by atoms with Gasteiger partial charge in [0, 0.05) is 6.42 Å². The molecule has 1 atom stereocenters. The van der Waals surface area contributed by atoms with Gasteiger partial charge in [-0.05, 0) is 83.9 Å². The van der Waals surface area contributed by atoms with Gasteiger partial charge in [0.2, 0.25) is 10.0 Å². The van der Waals surface area contributed by atoms with E-state index in [0.29, 0.717) is 17.9 Å². The summed E-state index contributed by atoms with van der Waals surface area (Å²) in [4.78, 5) is 0.0250. The molecule has 0 radical (unpaired) electrons. The minimum absolute atomic E-state index is 0.0250. The van der Waals surface area contributed by atoms with Crippen LogP contribution in [0.3, 0.4) is 0 Å². The third-order valence-electron chi connectivity index (χ3n) is 5.76. The number of nitrogens with zero attached hydrogens (tertiary/aromatic N) is 2. The summed E-state index contributed by atoms with van der Waals surface area (Å²) < 4.78 is 42.8. The van der Waals surface area contributed by atoms with Crippen molar-refractivity contribution in [3.8, 4) is 11.5 Å². The number of hydrogen-bond donors (Lipinski definition) is 1. The average molecular weight is 488 g/mol. The van der Waals surface area contributed by atoms with Crippen molar-refractivity contribution < 1.29 is 17.5 Å². The second-order valence-corrected chi connectivity index (χ2v) is 9.70. The molecule has 35 heavy (non-hydrogen) atoms. The van der Waals surface area contributed by atoms with Crippen LogP contribution >= 0.6 is 0 Å². The van der Waals surface area contributed by atoms with Crippen LogP contribution in [0.15, 0.2) is 113 Å². The summed E-state index contributed by atoms with van der Waals surface area (Å²) in [6.07, 6.45) is 0.585. The summed E-state index contributed by atoms with van der Waals surface area (Å²) in [5, 5.41) is 11.9. The Kier molecular flexibility index (Phi) is 6.07. The lowest BCUT2D eigenvalue weighted by atomic mass is 9.98. The molecular formula is C27H22FN3O3S. The van der Waals surface area contributed by atoms with E-state index in [1.54, 1.807) is 24.3 Å². The zero-order chi connectivity index (χ0) is 24.4. The Hall–Kier alpha value is -4.01. The highest BCUT2D eigenvalue weighted by Crippen LogP contribution is 2.37. The molecule has 4 aromatic carbocycles. The highest BCUT2D eigenvalue weighted by atomic mass is 32.2. The predicted octanol–water partition coefficient (Wildman–Crippen LogP) is 5.62. The molecule has 0 aromatic heterocycles. The van der Waals surface area contributed by atoms with Crippen LogP contribution in [0.5, 0.6) is 11.5 Å². The van der Waals surface area contributed by atoms with E-state index >= 15 is 0 Å². The van der Waals surface area contributed by atoms with Crippen LogP contribution in [0, 0.1) is 5.82 Å². The average Bonchev–Trinajstić information content (AvgIpc) is 3.31. The second kappa shape index (κ2) is 9.32. The maximum atomic E-state index is 13.6. The number of hydrogen-bond acceptors (Lipinski definition) is 5. The fourth-order valence-corrected chi connectivity index (χ4v) is 4.51. The molecule has 5 rings (SSSR count). The molecule has 1 aliphatic heterocycles. The van der Waals surface area contributed by atoms with E-state index in [2.05, 4.69) is 0 Å². The SMILES string of the molecule is NS(=O)(=O)c1ccc(N2N=C(c3ccc(Oc4ccccc4)cc3)CC2c2ccc(F)cc2)cc1. The Morgan fingerprint density at radius 3 is 2.09 bits per heavy atom. The molecule has 1 unspecified atom stereocenters. The van der Waals surface area contributed by atoms with Crippen molar-refractivity contribution in [2.75, 3.05) is 5.01 Å². The van der Waals surface area contributed by atoms with Crippen LogP contribution in [-0.4, -0.2) is 14.1 Å². The van der Waals surface area contributed by atoms with Gasteiger partial charge in [-0.2, -0.15) is 5.10 Å². The van der Waals surface area contributed by atoms with E-state index in [-0.39, 0.29) is 16.8 Å². The quantitative estimate of drug-likeness (QED) is 0.382. The highest BCUT2D eigenvalue weighted by Gasteiger charge is 2.30. The number of hydrazone groups is 1. The standard InChI is InChI=1S/C27H22FN3O3S/c28-21-10-6-20(7-11-21)27-18-26(30-31(27)22-12-16-25(17-13-22)35(29,32)33)19-8-14-24(15-9-19)34-23-4-2-1-3-5-23/h1-17,27H,18H2,(H2,29,32,33). The molecule has 0 fully saturated rings. The van der Waals surface area contributed by atoms with Crippen LogP contribution in [0.25, 0.3) is 0 Å². The second-order valence-electron chi connectivity index (χ2n) is 8.14. The Balaban J connectivity index is 1.45. The molecule has 0 aliphatic carbocycles. The summed E-state index contributed by atoms with van der Waals surface area (Å²) in [7, 11) is -3.80. The van der Waals surface area contributed by atoms with Crippen LogP contribution in [0.4, 0.5) is 10.1 Å². The minimum Gasteiger partial charge on any atom is -0.457 e. The number of para-hydroxylation sites is 1. The van der Waals surface area contributed by atoms with Gasteiger partial charge in [-0.3, -0.25) is 5.01 Å². The first-order valence-electron chi connectivity index (χ1n) is 11.0. The summed E-state index contributed by atoms with van der Waals surface area (Å²) in [6, 6.07) is 29.6. The Bertz CT molecular complexity index is 1460. The molecular weight excluding hydrogens is 465 g/mol. The maximum Gasteiger partial charge on any atom is 0.238 e. The van der Waals surface area contributed by atoms with Gasteiger partial charge >= 0.3 is 0 Å². The van der Waals surface area contributed by atoms with E-state index in [1.807, 2.05) is 59.6 Å². The molecule has 8 heteroatoms. The summed E-state index contributed by atoms with van der Waals surface area (Å²) in [5.41, 5.74) is 3.37. The van der Waals surface area contributed by atoms with Gasteiger partial charge in [-0.15, -0.1) is 0 Å². The van der Waals surface area contributed by atoms with Crippen molar-refractivity contribution in [3.05, 3.63) is 120 Å². The fraction of sp³-hybridized carbons (Fsp3) is 0.0741. The molecule has 0 amide bonds. The van der Waals surface area contributed by atoms with Gasteiger partial charge in [-0.1, -0.05) is 30.3 Å². The molecule has 0 bridgehead atoms.